The molecule has 1 aliphatic rings. The molecule has 2 heterocycles. The fourth-order valence-electron chi connectivity index (χ4n) is 2.65. The number of carbonyl (C=O) groups is 1. The molecule has 0 spiro atoms. The third-order valence-corrected chi connectivity index (χ3v) is 3.63. The lowest BCUT2D eigenvalue weighted by molar-refractivity contribution is 0.0287. The van der Waals surface area contributed by atoms with Gasteiger partial charge in [0, 0.05) is 37.9 Å². The number of nitrogens with zero attached hydrogens (tertiary/aromatic N) is 3. The van der Waals surface area contributed by atoms with Crippen LogP contribution in [0.2, 0.25) is 0 Å². The van der Waals surface area contributed by atoms with Crippen LogP contribution in [-0.2, 0) is 11.8 Å². The third-order valence-electron chi connectivity index (χ3n) is 3.63. The molecule has 1 saturated heterocycles. The molecule has 0 saturated carbocycles. The van der Waals surface area contributed by atoms with Crippen LogP contribution in [0.25, 0.3) is 0 Å². The number of amides is 1. The van der Waals surface area contributed by atoms with Crippen LogP contribution >= 0.6 is 0 Å². The summed E-state index contributed by atoms with van der Waals surface area (Å²) >= 11 is 0. The predicted octanol–water partition coefficient (Wildman–Crippen LogP) is 1.33. The van der Waals surface area contributed by atoms with Gasteiger partial charge in [-0.2, -0.15) is 0 Å². The molecule has 1 aromatic heterocycles. The van der Waals surface area contributed by atoms with E-state index in [1.54, 1.807) is 11.2 Å². The SMILES string of the molecule is Cn1cncc1C1CN(C(=O)OC(C)(C)C)CC1CN. The molecular formula is C14H24N4O2. The van der Waals surface area contributed by atoms with Crippen molar-refractivity contribution in [1.82, 2.24) is 14.5 Å². The lowest BCUT2D eigenvalue weighted by atomic mass is 9.93. The van der Waals surface area contributed by atoms with E-state index < -0.39 is 5.60 Å². The van der Waals surface area contributed by atoms with Crippen molar-refractivity contribution in [2.75, 3.05) is 19.6 Å². The number of nitrogens with two attached hydrogens (primary N) is 1. The van der Waals surface area contributed by atoms with E-state index in [1.807, 2.05) is 38.6 Å². The molecule has 2 unspecified atom stereocenters. The number of aromatic nitrogens is 2. The van der Waals surface area contributed by atoms with Crippen LogP contribution < -0.4 is 5.73 Å². The number of ether oxygens (including phenoxy) is 1. The van der Waals surface area contributed by atoms with Gasteiger partial charge in [-0.15, -0.1) is 0 Å². The highest BCUT2D eigenvalue weighted by Gasteiger charge is 2.38. The van der Waals surface area contributed by atoms with E-state index in [4.69, 9.17) is 10.5 Å². The zero-order chi connectivity index (χ0) is 14.9. The summed E-state index contributed by atoms with van der Waals surface area (Å²) in [7, 11) is 1.96. The molecule has 6 heteroatoms. The Morgan fingerprint density at radius 2 is 2.20 bits per heavy atom. The average Bonchev–Trinajstić information content (AvgIpc) is 2.91. The standard InChI is InChI=1S/C14H24N4O2/c1-14(2,3)20-13(19)18-7-10(5-15)11(8-18)12-6-16-9-17(12)4/h6,9-11H,5,7-8,15H2,1-4H3. The Balaban J connectivity index is 2.10. The molecule has 0 bridgehead atoms. The van der Waals surface area contributed by atoms with Gasteiger partial charge in [0.15, 0.2) is 0 Å². The maximum absolute atomic E-state index is 12.2. The zero-order valence-corrected chi connectivity index (χ0v) is 12.7. The largest absolute Gasteiger partial charge is 0.444 e. The van der Waals surface area contributed by atoms with Gasteiger partial charge in [0.2, 0.25) is 0 Å². The summed E-state index contributed by atoms with van der Waals surface area (Å²) in [5.41, 5.74) is 6.51. The minimum atomic E-state index is -0.472. The minimum absolute atomic E-state index is 0.222. The van der Waals surface area contributed by atoms with E-state index in [0.29, 0.717) is 19.6 Å². The molecule has 2 N–H and O–H groups in total. The fourth-order valence-corrected chi connectivity index (χ4v) is 2.65. The molecule has 112 valence electrons. The van der Waals surface area contributed by atoms with Crippen molar-refractivity contribution < 1.29 is 9.53 Å². The van der Waals surface area contributed by atoms with Gasteiger partial charge < -0.3 is 19.9 Å². The second-order valence-corrected chi connectivity index (χ2v) is 6.42. The first kappa shape index (κ1) is 14.8. The molecule has 1 aromatic rings. The van der Waals surface area contributed by atoms with Gasteiger partial charge in [-0.1, -0.05) is 0 Å². The first-order chi connectivity index (χ1) is 9.31. The number of hydrogen-bond donors (Lipinski definition) is 1. The summed E-state index contributed by atoms with van der Waals surface area (Å²) in [4.78, 5) is 18.1. The second kappa shape index (κ2) is 5.44. The maximum atomic E-state index is 12.2. The van der Waals surface area contributed by atoms with Crippen molar-refractivity contribution in [3.8, 4) is 0 Å². The highest BCUT2D eigenvalue weighted by molar-refractivity contribution is 5.68. The monoisotopic (exact) mass is 280 g/mol. The van der Waals surface area contributed by atoms with Gasteiger partial charge in [0.1, 0.15) is 5.60 Å². The van der Waals surface area contributed by atoms with E-state index in [-0.39, 0.29) is 17.9 Å². The molecule has 6 nitrogen and oxygen atoms in total. The topological polar surface area (TPSA) is 73.4 Å². The number of hydrogen-bond acceptors (Lipinski definition) is 4. The summed E-state index contributed by atoms with van der Waals surface area (Å²) in [5, 5.41) is 0. The number of aryl methyl sites for hydroxylation is 1. The zero-order valence-electron chi connectivity index (χ0n) is 12.7. The normalized spacial score (nSPS) is 23.1. The Hall–Kier alpha value is -1.56. The van der Waals surface area contributed by atoms with E-state index in [1.165, 1.54) is 0 Å². The molecule has 20 heavy (non-hydrogen) atoms. The number of rotatable bonds is 2. The molecule has 0 aliphatic carbocycles. The lowest BCUT2D eigenvalue weighted by Gasteiger charge is -2.24. The van der Waals surface area contributed by atoms with E-state index in [9.17, 15) is 4.79 Å². The average molecular weight is 280 g/mol. The summed E-state index contributed by atoms with van der Waals surface area (Å²) < 4.78 is 7.43. The van der Waals surface area contributed by atoms with Gasteiger partial charge in [-0.3, -0.25) is 0 Å². The van der Waals surface area contributed by atoms with Crippen molar-refractivity contribution in [2.24, 2.45) is 18.7 Å². The summed E-state index contributed by atoms with van der Waals surface area (Å²) in [6, 6.07) is 0. The quantitative estimate of drug-likeness (QED) is 0.887. The van der Waals surface area contributed by atoms with Gasteiger partial charge in [-0.25, -0.2) is 9.78 Å². The lowest BCUT2D eigenvalue weighted by Crippen LogP contribution is -2.35. The molecule has 2 rings (SSSR count). The second-order valence-electron chi connectivity index (χ2n) is 6.42. The highest BCUT2D eigenvalue weighted by atomic mass is 16.6. The van der Waals surface area contributed by atoms with Crippen molar-refractivity contribution in [3.05, 3.63) is 18.2 Å². The van der Waals surface area contributed by atoms with Crippen LogP contribution in [0.5, 0.6) is 0 Å². The smallest absolute Gasteiger partial charge is 0.410 e. The van der Waals surface area contributed by atoms with Crippen LogP contribution in [0, 0.1) is 5.92 Å². The first-order valence-corrected chi connectivity index (χ1v) is 6.96. The Kier molecular flexibility index (Phi) is 4.04. The van der Waals surface area contributed by atoms with Crippen LogP contribution in [0.15, 0.2) is 12.5 Å². The molecule has 0 radical (unpaired) electrons. The number of likely N-dealkylation sites (tertiary alicyclic amines) is 1. The maximum Gasteiger partial charge on any atom is 0.410 e. The number of carbonyl (C=O) groups excluding carboxylic acids is 1. The molecule has 1 aliphatic heterocycles. The van der Waals surface area contributed by atoms with Crippen molar-refractivity contribution >= 4 is 6.09 Å². The Morgan fingerprint density at radius 3 is 2.70 bits per heavy atom. The van der Waals surface area contributed by atoms with E-state index in [0.717, 1.165) is 5.69 Å². The van der Waals surface area contributed by atoms with Gasteiger partial charge in [-0.05, 0) is 33.2 Å². The molecule has 2 atom stereocenters. The summed E-state index contributed by atoms with van der Waals surface area (Å²) in [6.45, 7) is 7.45. The number of imidazole rings is 1. The van der Waals surface area contributed by atoms with Crippen LogP contribution in [0.1, 0.15) is 32.4 Å². The van der Waals surface area contributed by atoms with E-state index >= 15 is 0 Å². The summed E-state index contributed by atoms with van der Waals surface area (Å²) in [5.74, 6) is 0.470. The van der Waals surface area contributed by atoms with Gasteiger partial charge in [0.25, 0.3) is 0 Å². The molecule has 1 fully saturated rings. The Morgan fingerprint density at radius 1 is 1.50 bits per heavy atom. The van der Waals surface area contributed by atoms with Crippen molar-refractivity contribution in [1.29, 1.82) is 0 Å². The third kappa shape index (κ3) is 3.12. The molecule has 0 aromatic carbocycles. The van der Waals surface area contributed by atoms with Crippen molar-refractivity contribution in [2.45, 2.75) is 32.3 Å². The van der Waals surface area contributed by atoms with Crippen LogP contribution in [-0.4, -0.2) is 45.8 Å². The van der Waals surface area contributed by atoms with Crippen LogP contribution in [0.3, 0.4) is 0 Å². The predicted molar refractivity (Wildman–Crippen MR) is 76.3 cm³/mol. The van der Waals surface area contributed by atoms with Gasteiger partial charge >= 0.3 is 6.09 Å². The van der Waals surface area contributed by atoms with Crippen LogP contribution in [0.4, 0.5) is 4.79 Å². The molecular weight excluding hydrogens is 256 g/mol. The Labute approximate surface area is 119 Å². The first-order valence-electron chi connectivity index (χ1n) is 6.96. The fraction of sp³-hybridized carbons (Fsp3) is 0.714. The Bertz CT molecular complexity index is 478. The summed E-state index contributed by atoms with van der Waals surface area (Å²) in [6.07, 6.45) is 3.37. The van der Waals surface area contributed by atoms with Gasteiger partial charge in [0.05, 0.1) is 6.33 Å². The molecule has 1 amide bonds. The van der Waals surface area contributed by atoms with E-state index in [2.05, 4.69) is 4.98 Å². The highest BCUT2D eigenvalue weighted by Crippen LogP contribution is 2.32. The minimum Gasteiger partial charge on any atom is -0.444 e. The van der Waals surface area contributed by atoms with Crippen molar-refractivity contribution in [3.63, 3.8) is 0 Å².